The number of methoxy groups -OCH3 is 1. The zero-order valence-electron chi connectivity index (χ0n) is 13.3. The van der Waals surface area contributed by atoms with Gasteiger partial charge in [0.15, 0.2) is 11.7 Å². The van der Waals surface area contributed by atoms with Crippen molar-refractivity contribution in [2.45, 2.75) is 12.3 Å². The number of ether oxygens (including phenoxy) is 1. The standard InChI is InChI=1S/C17H17N3O3S/c1-23-7-6-20-10-11(8-15(20)21)16(22)12(9-18)17-19-13-4-2-3-5-14(13)24-17/h2-5,11-12H,6-8,10H2,1H3. The van der Waals surface area contributed by atoms with E-state index in [-0.39, 0.29) is 18.1 Å². The van der Waals surface area contributed by atoms with E-state index in [0.717, 1.165) is 10.2 Å². The van der Waals surface area contributed by atoms with Gasteiger partial charge in [0.25, 0.3) is 0 Å². The Kier molecular flexibility index (Phi) is 4.88. The van der Waals surface area contributed by atoms with E-state index >= 15 is 0 Å². The number of likely N-dealkylation sites (tertiary alicyclic amines) is 1. The molecule has 1 aliphatic heterocycles. The third kappa shape index (κ3) is 3.16. The molecular formula is C17H17N3O3S. The molecule has 1 aromatic carbocycles. The lowest BCUT2D eigenvalue weighted by Gasteiger charge is -2.16. The summed E-state index contributed by atoms with van der Waals surface area (Å²) in [7, 11) is 1.57. The lowest BCUT2D eigenvalue weighted by Crippen LogP contribution is -2.30. The Morgan fingerprint density at radius 1 is 1.54 bits per heavy atom. The number of rotatable bonds is 6. The number of hydrogen-bond donors (Lipinski definition) is 0. The van der Waals surface area contributed by atoms with Gasteiger partial charge < -0.3 is 9.64 Å². The van der Waals surface area contributed by atoms with Crippen molar-refractivity contribution in [1.29, 1.82) is 5.26 Å². The van der Waals surface area contributed by atoms with Gasteiger partial charge in [0.05, 0.1) is 22.9 Å². The summed E-state index contributed by atoms with van der Waals surface area (Å²) in [5, 5.41) is 9.99. The van der Waals surface area contributed by atoms with Gasteiger partial charge in [-0.3, -0.25) is 9.59 Å². The van der Waals surface area contributed by atoms with E-state index in [2.05, 4.69) is 11.1 Å². The topological polar surface area (TPSA) is 83.3 Å². The number of amides is 1. The molecule has 0 bridgehead atoms. The van der Waals surface area contributed by atoms with Crippen LogP contribution in [-0.2, 0) is 14.3 Å². The number of thiazole rings is 1. The number of Topliss-reactive ketones (excluding diaryl/α,β-unsaturated/α-hetero) is 1. The average molecular weight is 343 g/mol. The first kappa shape index (κ1) is 16.6. The van der Waals surface area contributed by atoms with Crippen LogP contribution in [0.3, 0.4) is 0 Å². The second-order valence-electron chi connectivity index (χ2n) is 5.72. The molecule has 1 amide bonds. The van der Waals surface area contributed by atoms with E-state index in [4.69, 9.17) is 4.74 Å². The first-order valence-electron chi connectivity index (χ1n) is 7.69. The highest BCUT2D eigenvalue weighted by Gasteiger charge is 2.38. The molecule has 6 nitrogen and oxygen atoms in total. The fourth-order valence-corrected chi connectivity index (χ4v) is 3.89. The third-order valence-electron chi connectivity index (χ3n) is 4.15. The molecule has 2 unspecified atom stereocenters. The van der Waals surface area contributed by atoms with Gasteiger partial charge in [0.1, 0.15) is 5.01 Å². The molecule has 1 fully saturated rings. The fraction of sp³-hybridized carbons (Fsp3) is 0.412. The van der Waals surface area contributed by atoms with Crippen LogP contribution in [0, 0.1) is 17.2 Å². The first-order chi connectivity index (χ1) is 11.6. The lowest BCUT2D eigenvalue weighted by atomic mass is 9.93. The molecule has 7 heteroatoms. The van der Waals surface area contributed by atoms with Crippen LogP contribution in [0.2, 0.25) is 0 Å². The van der Waals surface area contributed by atoms with Crippen molar-refractivity contribution in [2.24, 2.45) is 5.92 Å². The van der Waals surface area contributed by atoms with Crippen molar-refractivity contribution in [3.8, 4) is 6.07 Å². The monoisotopic (exact) mass is 343 g/mol. The summed E-state index contributed by atoms with van der Waals surface area (Å²) >= 11 is 1.36. The summed E-state index contributed by atoms with van der Waals surface area (Å²) in [6.07, 6.45) is 0.158. The Bertz CT molecular complexity index is 778. The number of fused-ring (bicyclic) bond motifs is 1. The van der Waals surface area contributed by atoms with Gasteiger partial charge in [-0.2, -0.15) is 5.26 Å². The Labute approximate surface area is 143 Å². The van der Waals surface area contributed by atoms with Gasteiger partial charge in [-0.15, -0.1) is 11.3 Å². The normalized spacial score (nSPS) is 18.8. The van der Waals surface area contributed by atoms with Crippen LogP contribution >= 0.6 is 11.3 Å². The predicted octanol–water partition coefficient (Wildman–Crippen LogP) is 1.97. The Balaban J connectivity index is 1.77. The third-order valence-corrected chi connectivity index (χ3v) is 5.25. The number of nitriles is 1. The predicted molar refractivity (Wildman–Crippen MR) is 89.5 cm³/mol. The van der Waals surface area contributed by atoms with E-state index in [9.17, 15) is 14.9 Å². The lowest BCUT2D eigenvalue weighted by molar-refractivity contribution is -0.129. The largest absolute Gasteiger partial charge is 0.383 e. The SMILES string of the molecule is COCCN1CC(C(=O)C(C#N)c2nc3ccccc3s2)CC1=O. The first-order valence-corrected chi connectivity index (χ1v) is 8.51. The minimum atomic E-state index is -0.914. The summed E-state index contributed by atoms with van der Waals surface area (Å²) in [6, 6.07) is 9.62. The van der Waals surface area contributed by atoms with Gasteiger partial charge in [-0.1, -0.05) is 12.1 Å². The maximum absolute atomic E-state index is 12.8. The minimum absolute atomic E-state index is 0.0635. The molecule has 2 heterocycles. The Morgan fingerprint density at radius 3 is 3.04 bits per heavy atom. The molecule has 124 valence electrons. The molecule has 24 heavy (non-hydrogen) atoms. The summed E-state index contributed by atoms with van der Waals surface area (Å²) in [5.74, 6) is -1.65. The Hall–Kier alpha value is -2.30. The molecule has 2 aromatic rings. The number of hydrogen-bond acceptors (Lipinski definition) is 6. The van der Waals surface area contributed by atoms with Crippen LogP contribution < -0.4 is 0 Å². The molecule has 0 radical (unpaired) electrons. The molecule has 2 atom stereocenters. The molecular weight excluding hydrogens is 326 g/mol. The quantitative estimate of drug-likeness (QED) is 0.801. The highest BCUT2D eigenvalue weighted by molar-refractivity contribution is 7.18. The summed E-state index contributed by atoms with van der Waals surface area (Å²) in [4.78, 5) is 30.8. The number of para-hydroxylation sites is 1. The van der Waals surface area contributed by atoms with Gasteiger partial charge in [0, 0.05) is 32.5 Å². The molecule has 0 aliphatic carbocycles. The van der Waals surface area contributed by atoms with Gasteiger partial charge in [0.2, 0.25) is 5.91 Å². The second-order valence-corrected chi connectivity index (χ2v) is 6.78. The highest BCUT2D eigenvalue weighted by Crippen LogP contribution is 2.31. The number of benzene rings is 1. The van der Waals surface area contributed by atoms with Crippen LogP contribution in [0.5, 0.6) is 0 Å². The van der Waals surface area contributed by atoms with Gasteiger partial charge in [-0.25, -0.2) is 4.98 Å². The minimum Gasteiger partial charge on any atom is -0.383 e. The number of carbonyl (C=O) groups is 2. The average Bonchev–Trinajstić information content (AvgIpc) is 3.17. The molecule has 0 N–H and O–H groups in total. The maximum Gasteiger partial charge on any atom is 0.223 e. The molecule has 0 saturated carbocycles. The van der Waals surface area contributed by atoms with E-state index in [1.165, 1.54) is 11.3 Å². The molecule has 1 saturated heterocycles. The van der Waals surface area contributed by atoms with Crippen molar-refractivity contribution in [3.05, 3.63) is 29.3 Å². The number of nitrogens with zero attached hydrogens (tertiary/aromatic N) is 3. The fourth-order valence-electron chi connectivity index (χ4n) is 2.87. The zero-order chi connectivity index (χ0) is 17.1. The van der Waals surface area contributed by atoms with E-state index in [1.54, 1.807) is 12.0 Å². The van der Waals surface area contributed by atoms with Crippen molar-refractivity contribution in [3.63, 3.8) is 0 Å². The van der Waals surface area contributed by atoms with Crippen molar-refractivity contribution < 1.29 is 14.3 Å². The van der Waals surface area contributed by atoms with E-state index in [1.807, 2.05) is 24.3 Å². The zero-order valence-corrected chi connectivity index (χ0v) is 14.1. The van der Waals surface area contributed by atoms with Crippen molar-refractivity contribution >= 4 is 33.2 Å². The molecule has 3 rings (SSSR count). The van der Waals surface area contributed by atoms with Crippen LogP contribution in [-0.4, -0.2) is 48.4 Å². The molecule has 0 spiro atoms. The van der Waals surface area contributed by atoms with E-state index < -0.39 is 11.8 Å². The Morgan fingerprint density at radius 2 is 2.33 bits per heavy atom. The number of carbonyl (C=O) groups excluding carboxylic acids is 2. The van der Waals surface area contributed by atoms with Gasteiger partial charge in [-0.05, 0) is 12.1 Å². The number of aromatic nitrogens is 1. The molecule has 1 aliphatic rings. The molecule has 1 aromatic heterocycles. The summed E-state index contributed by atoms with van der Waals surface area (Å²) in [5.41, 5.74) is 0.787. The van der Waals surface area contributed by atoms with Crippen LogP contribution in [0.15, 0.2) is 24.3 Å². The van der Waals surface area contributed by atoms with Gasteiger partial charge >= 0.3 is 0 Å². The van der Waals surface area contributed by atoms with Crippen LogP contribution in [0.25, 0.3) is 10.2 Å². The second kappa shape index (κ2) is 7.07. The smallest absolute Gasteiger partial charge is 0.223 e. The van der Waals surface area contributed by atoms with Crippen molar-refractivity contribution in [2.75, 3.05) is 26.8 Å². The van der Waals surface area contributed by atoms with E-state index in [0.29, 0.717) is 24.7 Å². The maximum atomic E-state index is 12.8. The van der Waals surface area contributed by atoms with Crippen LogP contribution in [0.4, 0.5) is 0 Å². The van der Waals surface area contributed by atoms with Crippen LogP contribution in [0.1, 0.15) is 17.3 Å². The highest BCUT2D eigenvalue weighted by atomic mass is 32.1. The summed E-state index contributed by atoms with van der Waals surface area (Å²) < 4.78 is 5.93. The summed E-state index contributed by atoms with van der Waals surface area (Å²) in [6.45, 7) is 1.26. The number of ketones is 1. The van der Waals surface area contributed by atoms with Crippen molar-refractivity contribution in [1.82, 2.24) is 9.88 Å².